The highest BCUT2D eigenvalue weighted by Gasteiger charge is 2.14. The maximum Gasteiger partial charge on any atom is 0.163 e. The van der Waals surface area contributed by atoms with Crippen LogP contribution in [0.25, 0.3) is 10.9 Å². The highest BCUT2D eigenvalue weighted by Crippen LogP contribution is 2.35. The van der Waals surface area contributed by atoms with E-state index in [4.69, 9.17) is 17.3 Å². The monoisotopic (exact) mass is 426 g/mol. The topological polar surface area (TPSA) is 68.3 Å². The Balaban J connectivity index is 1.43. The summed E-state index contributed by atoms with van der Waals surface area (Å²) in [6, 6.07) is 14.3. The van der Waals surface area contributed by atoms with E-state index in [2.05, 4.69) is 38.8 Å². The van der Waals surface area contributed by atoms with Crippen LogP contribution < -0.4 is 25.6 Å². The number of rotatable bonds is 6. The number of nitrogens with one attached hydrogen (secondary N) is 2. The fourth-order valence-electron chi connectivity index (χ4n) is 3.81. The second kappa shape index (κ2) is 8.38. The fourth-order valence-corrected chi connectivity index (χ4v) is 3.81. The average molecular weight is 426 g/mol. The molecule has 3 aromatic carbocycles. The Labute approximate surface area is 186 Å². The minimum Gasteiger partial charge on any atom is -0.493 e. The van der Waals surface area contributed by atoms with E-state index in [-0.39, 0.29) is 5.69 Å². The molecule has 2 N–H and O–H groups in total. The summed E-state index contributed by atoms with van der Waals surface area (Å²) in [5, 5.41) is 7.05. The van der Waals surface area contributed by atoms with Gasteiger partial charge in [0.1, 0.15) is 32.4 Å². The maximum atomic E-state index is 14.3. The number of fused-ring (bicyclic) bond motifs is 2. The van der Waals surface area contributed by atoms with E-state index in [1.807, 2.05) is 0 Å². The van der Waals surface area contributed by atoms with Gasteiger partial charge in [0, 0.05) is 23.7 Å². The van der Waals surface area contributed by atoms with Crippen molar-refractivity contribution in [2.45, 2.75) is 13.0 Å². The first-order valence-electron chi connectivity index (χ1n) is 10.2. The number of ether oxygens (including phenoxy) is 2. The minimum atomic E-state index is -0.465. The normalized spacial score (nSPS) is 12.3. The molecule has 0 spiro atoms. The van der Waals surface area contributed by atoms with Crippen molar-refractivity contribution in [3.8, 4) is 11.5 Å². The quantitative estimate of drug-likeness (QED) is 0.457. The Morgan fingerprint density at radius 2 is 2.00 bits per heavy atom. The Morgan fingerprint density at radius 1 is 1.09 bits per heavy atom. The van der Waals surface area contributed by atoms with Gasteiger partial charge < -0.3 is 20.1 Å². The first kappa shape index (κ1) is 20.1. The van der Waals surface area contributed by atoms with Gasteiger partial charge in [-0.25, -0.2) is 14.4 Å². The Kier molecular flexibility index (Phi) is 5.27. The van der Waals surface area contributed by atoms with Crippen molar-refractivity contribution in [2.24, 2.45) is 0 Å². The van der Waals surface area contributed by atoms with Crippen molar-refractivity contribution in [3.63, 3.8) is 0 Å². The van der Waals surface area contributed by atoms with Gasteiger partial charge in [-0.2, -0.15) is 0 Å². The molecule has 2 radical (unpaired) electrons. The SMILES string of the molecule is [B]c1ccc(Nc2ncnc3cc(OCc4ccc5c(c4)CCN5)c(OC)cc23)c(F)c1. The summed E-state index contributed by atoms with van der Waals surface area (Å²) in [5.74, 6) is 1.10. The Bertz CT molecular complexity index is 1310. The number of hydrogen-bond acceptors (Lipinski definition) is 6. The molecule has 0 amide bonds. The van der Waals surface area contributed by atoms with E-state index in [0.29, 0.717) is 40.3 Å². The zero-order valence-electron chi connectivity index (χ0n) is 17.5. The summed E-state index contributed by atoms with van der Waals surface area (Å²) >= 11 is 0. The third kappa shape index (κ3) is 3.91. The highest BCUT2D eigenvalue weighted by molar-refractivity contribution is 6.32. The molecule has 0 saturated carbocycles. The smallest absolute Gasteiger partial charge is 0.163 e. The largest absolute Gasteiger partial charge is 0.493 e. The molecule has 158 valence electrons. The van der Waals surface area contributed by atoms with Crippen LogP contribution in [-0.2, 0) is 13.0 Å². The molecule has 0 atom stereocenters. The van der Waals surface area contributed by atoms with Crippen LogP contribution in [0, 0.1) is 5.82 Å². The van der Waals surface area contributed by atoms with Crippen molar-refractivity contribution < 1.29 is 13.9 Å². The predicted octanol–water partition coefficient (Wildman–Crippen LogP) is 3.86. The summed E-state index contributed by atoms with van der Waals surface area (Å²) in [6.07, 6.45) is 2.44. The molecule has 6 nitrogen and oxygen atoms in total. The van der Waals surface area contributed by atoms with Gasteiger partial charge in [0.05, 0.1) is 18.3 Å². The van der Waals surface area contributed by atoms with E-state index < -0.39 is 5.82 Å². The molecule has 8 heteroatoms. The minimum absolute atomic E-state index is 0.268. The number of anilines is 3. The summed E-state index contributed by atoms with van der Waals surface area (Å²) in [7, 11) is 7.21. The number of nitrogens with zero attached hydrogens (tertiary/aromatic N) is 2. The molecular formula is C24H20BFN4O2. The first-order valence-corrected chi connectivity index (χ1v) is 10.2. The van der Waals surface area contributed by atoms with Gasteiger partial charge in [0.25, 0.3) is 0 Å². The number of methoxy groups -OCH3 is 1. The van der Waals surface area contributed by atoms with Crippen LogP contribution in [0.15, 0.2) is 54.9 Å². The second-order valence-corrected chi connectivity index (χ2v) is 7.56. The van der Waals surface area contributed by atoms with Crippen LogP contribution in [0.1, 0.15) is 11.1 Å². The molecule has 0 fully saturated rings. The van der Waals surface area contributed by atoms with Gasteiger partial charge in [-0.1, -0.05) is 23.7 Å². The Morgan fingerprint density at radius 3 is 2.84 bits per heavy atom. The van der Waals surface area contributed by atoms with Gasteiger partial charge in [0.15, 0.2) is 11.5 Å². The predicted molar refractivity (Wildman–Crippen MR) is 124 cm³/mol. The summed E-state index contributed by atoms with van der Waals surface area (Å²) < 4.78 is 25.9. The molecule has 4 aromatic rings. The second-order valence-electron chi connectivity index (χ2n) is 7.56. The number of halogens is 1. The molecule has 1 aromatic heterocycles. The van der Waals surface area contributed by atoms with Gasteiger partial charge in [0.2, 0.25) is 0 Å². The molecule has 5 rings (SSSR count). The number of aromatic nitrogens is 2. The lowest BCUT2D eigenvalue weighted by Crippen LogP contribution is -2.05. The van der Waals surface area contributed by atoms with Gasteiger partial charge in [-0.15, -0.1) is 0 Å². The van der Waals surface area contributed by atoms with Crippen LogP contribution in [0.5, 0.6) is 11.5 Å². The summed E-state index contributed by atoms with van der Waals surface area (Å²) in [6.45, 7) is 1.37. The molecule has 0 saturated heterocycles. The average Bonchev–Trinajstić information content (AvgIpc) is 3.27. The molecule has 1 aliphatic rings. The van der Waals surface area contributed by atoms with E-state index >= 15 is 0 Å². The lowest BCUT2D eigenvalue weighted by Gasteiger charge is -2.14. The van der Waals surface area contributed by atoms with Crippen molar-refractivity contribution in [1.82, 2.24) is 9.97 Å². The van der Waals surface area contributed by atoms with E-state index in [1.165, 1.54) is 23.6 Å². The maximum absolute atomic E-state index is 14.3. The zero-order chi connectivity index (χ0) is 22.1. The van der Waals surface area contributed by atoms with Gasteiger partial charge in [-0.3, -0.25) is 0 Å². The molecule has 0 aliphatic carbocycles. The lowest BCUT2D eigenvalue weighted by atomic mass is 9.96. The summed E-state index contributed by atoms with van der Waals surface area (Å²) in [4.78, 5) is 8.62. The fraction of sp³-hybridized carbons (Fsp3) is 0.167. The zero-order valence-corrected chi connectivity index (χ0v) is 17.5. The third-order valence-corrected chi connectivity index (χ3v) is 5.44. The van der Waals surface area contributed by atoms with Crippen LogP contribution in [0.4, 0.5) is 21.6 Å². The number of hydrogen-bond donors (Lipinski definition) is 2. The standard InChI is InChI=1S/C24H20BFN4O2/c1-31-22-10-17-21(28-13-29-24(17)30-20-5-3-16(25)9-18(20)26)11-23(22)32-12-14-2-4-19-15(8-14)6-7-27-19/h2-5,8-11,13,27H,6-7,12H2,1H3,(H,28,29,30). The van der Waals surface area contributed by atoms with E-state index in [1.54, 1.807) is 31.4 Å². The van der Waals surface area contributed by atoms with Gasteiger partial charge in [-0.05, 0) is 41.8 Å². The third-order valence-electron chi connectivity index (χ3n) is 5.44. The van der Waals surface area contributed by atoms with Crippen molar-refractivity contribution in [1.29, 1.82) is 0 Å². The summed E-state index contributed by atoms with van der Waals surface area (Å²) in [5.41, 5.74) is 4.83. The molecule has 32 heavy (non-hydrogen) atoms. The Hall–Kier alpha value is -3.81. The molecule has 2 heterocycles. The van der Waals surface area contributed by atoms with Crippen LogP contribution in [-0.4, -0.2) is 31.5 Å². The van der Waals surface area contributed by atoms with Crippen molar-refractivity contribution in [3.05, 3.63) is 71.8 Å². The van der Waals surface area contributed by atoms with Crippen LogP contribution >= 0.6 is 0 Å². The van der Waals surface area contributed by atoms with Crippen molar-refractivity contribution >= 4 is 41.4 Å². The molecular weight excluding hydrogens is 406 g/mol. The molecule has 0 unspecified atom stereocenters. The number of benzene rings is 3. The molecule has 0 bridgehead atoms. The van der Waals surface area contributed by atoms with Crippen molar-refractivity contribution in [2.75, 3.05) is 24.3 Å². The van der Waals surface area contributed by atoms with Crippen LogP contribution in [0.3, 0.4) is 0 Å². The lowest BCUT2D eigenvalue weighted by molar-refractivity contribution is 0.285. The molecule has 1 aliphatic heterocycles. The van der Waals surface area contributed by atoms with Crippen LogP contribution in [0.2, 0.25) is 0 Å². The van der Waals surface area contributed by atoms with E-state index in [0.717, 1.165) is 18.5 Å². The van der Waals surface area contributed by atoms with Gasteiger partial charge >= 0.3 is 0 Å². The van der Waals surface area contributed by atoms with E-state index in [9.17, 15) is 4.39 Å². The highest BCUT2D eigenvalue weighted by atomic mass is 19.1. The first-order chi connectivity index (χ1) is 15.6.